The quantitative estimate of drug-likeness (QED) is 0.708. The second-order valence-corrected chi connectivity index (χ2v) is 6.28. The van der Waals surface area contributed by atoms with Gasteiger partial charge in [-0.3, -0.25) is 14.7 Å². The van der Waals surface area contributed by atoms with E-state index in [1.165, 1.54) is 16.9 Å². The maximum atomic E-state index is 11.9. The molecule has 0 aromatic carbocycles. The van der Waals surface area contributed by atoms with Crippen LogP contribution in [0, 0.1) is 0 Å². The molecule has 0 fully saturated rings. The van der Waals surface area contributed by atoms with Gasteiger partial charge < -0.3 is 4.98 Å². The standard InChI is InChI=1S/C14H14N4O2S/c1-2-18-4-3-9-7(6-18)5-8-10-11(21-13(8)15-9)12(19)17-14(20)16-10/h5H,2-4,6H2,1H3,(H2,16,17,19,20). The molecular formula is C14H14N4O2S. The minimum absolute atomic E-state index is 0.343. The van der Waals surface area contributed by atoms with Crippen LogP contribution >= 0.6 is 11.3 Å². The van der Waals surface area contributed by atoms with E-state index in [0.29, 0.717) is 10.2 Å². The molecule has 0 atom stereocenters. The van der Waals surface area contributed by atoms with E-state index in [1.807, 2.05) is 0 Å². The third kappa shape index (κ3) is 1.92. The minimum atomic E-state index is -0.472. The van der Waals surface area contributed by atoms with Crippen LogP contribution in [0.2, 0.25) is 0 Å². The van der Waals surface area contributed by atoms with E-state index in [-0.39, 0.29) is 5.56 Å². The first kappa shape index (κ1) is 12.7. The van der Waals surface area contributed by atoms with E-state index < -0.39 is 5.69 Å². The van der Waals surface area contributed by atoms with Gasteiger partial charge in [0, 0.05) is 30.6 Å². The smallest absolute Gasteiger partial charge is 0.305 e. The second-order valence-electron chi connectivity index (χ2n) is 5.28. The van der Waals surface area contributed by atoms with Gasteiger partial charge in [0.15, 0.2) is 0 Å². The lowest BCUT2D eigenvalue weighted by atomic mass is 10.0. The normalized spacial score (nSPS) is 15.7. The van der Waals surface area contributed by atoms with Gasteiger partial charge in [-0.2, -0.15) is 0 Å². The molecule has 1 aliphatic heterocycles. The van der Waals surface area contributed by atoms with Crippen molar-refractivity contribution in [2.24, 2.45) is 0 Å². The van der Waals surface area contributed by atoms with Crippen LogP contribution < -0.4 is 11.2 Å². The second kappa shape index (κ2) is 4.51. The van der Waals surface area contributed by atoms with Gasteiger partial charge in [-0.1, -0.05) is 6.92 Å². The number of hydrogen-bond acceptors (Lipinski definition) is 5. The molecule has 7 heteroatoms. The zero-order valence-electron chi connectivity index (χ0n) is 11.5. The lowest BCUT2D eigenvalue weighted by molar-refractivity contribution is 0.266. The predicted molar refractivity (Wildman–Crippen MR) is 83.0 cm³/mol. The van der Waals surface area contributed by atoms with Crippen molar-refractivity contribution in [1.82, 2.24) is 19.9 Å². The number of aromatic amines is 2. The molecule has 0 saturated heterocycles. The van der Waals surface area contributed by atoms with Crippen LogP contribution in [0.25, 0.3) is 20.4 Å². The molecule has 3 aromatic rings. The molecule has 108 valence electrons. The van der Waals surface area contributed by atoms with Gasteiger partial charge >= 0.3 is 5.69 Å². The van der Waals surface area contributed by atoms with Crippen molar-refractivity contribution in [2.75, 3.05) is 13.1 Å². The highest BCUT2D eigenvalue weighted by atomic mass is 32.1. The lowest BCUT2D eigenvalue weighted by Gasteiger charge is -2.26. The van der Waals surface area contributed by atoms with E-state index in [9.17, 15) is 9.59 Å². The summed E-state index contributed by atoms with van der Waals surface area (Å²) in [6, 6.07) is 2.08. The summed E-state index contributed by atoms with van der Waals surface area (Å²) in [6.45, 7) is 5.05. The van der Waals surface area contributed by atoms with Crippen LogP contribution in [0.15, 0.2) is 15.7 Å². The number of likely N-dealkylation sites (N-methyl/N-ethyl adjacent to an activating group) is 1. The van der Waals surface area contributed by atoms with Crippen LogP contribution in [0.4, 0.5) is 0 Å². The zero-order valence-corrected chi connectivity index (χ0v) is 12.3. The zero-order chi connectivity index (χ0) is 14.6. The summed E-state index contributed by atoms with van der Waals surface area (Å²) >= 11 is 1.34. The number of thiophene rings is 1. The van der Waals surface area contributed by atoms with Gasteiger partial charge in [0.05, 0.1) is 5.52 Å². The monoisotopic (exact) mass is 302 g/mol. The largest absolute Gasteiger partial charge is 0.326 e. The van der Waals surface area contributed by atoms with Crippen LogP contribution in [0.3, 0.4) is 0 Å². The number of nitrogens with one attached hydrogen (secondary N) is 2. The summed E-state index contributed by atoms with van der Waals surface area (Å²) < 4.78 is 0.534. The fourth-order valence-corrected chi connectivity index (χ4v) is 3.92. The Hall–Kier alpha value is -1.99. The number of pyridine rings is 1. The average molecular weight is 302 g/mol. The Balaban J connectivity index is 2.03. The third-order valence-corrected chi connectivity index (χ3v) is 5.13. The van der Waals surface area contributed by atoms with Crippen molar-refractivity contribution in [3.05, 3.63) is 38.2 Å². The Morgan fingerprint density at radius 1 is 1.38 bits per heavy atom. The van der Waals surface area contributed by atoms with E-state index in [1.54, 1.807) is 0 Å². The molecule has 0 amide bonds. The van der Waals surface area contributed by atoms with Gasteiger partial charge in [0.2, 0.25) is 0 Å². The van der Waals surface area contributed by atoms with Crippen molar-refractivity contribution < 1.29 is 0 Å². The number of H-pyrrole nitrogens is 2. The van der Waals surface area contributed by atoms with E-state index in [0.717, 1.165) is 42.0 Å². The average Bonchev–Trinajstić information content (AvgIpc) is 2.82. The summed E-state index contributed by atoms with van der Waals surface area (Å²) in [7, 11) is 0. The van der Waals surface area contributed by atoms with E-state index >= 15 is 0 Å². The van der Waals surface area contributed by atoms with Gasteiger partial charge in [-0.05, 0) is 18.2 Å². The topological polar surface area (TPSA) is 81.8 Å². The van der Waals surface area contributed by atoms with Gasteiger partial charge in [-0.15, -0.1) is 11.3 Å². The van der Waals surface area contributed by atoms with Crippen molar-refractivity contribution in [3.63, 3.8) is 0 Å². The Bertz CT molecular complexity index is 969. The fraction of sp³-hybridized carbons (Fsp3) is 0.357. The molecule has 0 bridgehead atoms. The summed E-state index contributed by atoms with van der Waals surface area (Å²) in [5, 5.41) is 0.870. The molecule has 1 aliphatic rings. The molecule has 3 aromatic heterocycles. The van der Waals surface area contributed by atoms with Crippen LogP contribution in [-0.2, 0) is 13.0 Å². The van der Waals surface area contributed by atoms with Crippen molar-refractivity contribution in [1.29, 1.82) is 0 Å². The van der Waals surface area contributed by atoms with Gasteiger partial charge in [-0.25, -0.2) is 9.78 Å². The Labute approximate surface area is 123 Å². The number of rotatable bonds is 1. The molecule has 6 nitrogen and oxygen atoms in total. The molecule has 2 N–H and O–H groups in total. The third-order valence-electron chi connectivity index (χ3n) is 4.03. The minimum Gasteiger partial charge on any atom is -0.305 e. The van der Waals surface area contributed by atoms with E-state index in [2.05, 4.69) is 27.9 Å². The summed E-state index contributed by atoms with van der Waals surface area (Å²) in [4.78, 5) is 36.3. The highest BCUT2D eigenvalue weighted by molar-refractivity contribution is 7.25. The molecule has 4 rings (SSSR count). The maximum Gasteiger partial charge on any atom is 0.326 e. The van der Waals surface area contributed by atoms with Crippen molar-refractivity contribution in [2.45, 2.75) is 19.9 Å². The molecular weight excluding hydrogens is 288 g/mol. The van der Waals surface area contributed by atoms with Crippen LogP contribution in [0.1, 0.15) is 18.2 Å². The Kier molecular flexibility index (Phi) is 2.73. The Morgan fingerprint density at radius 3 is 3.05 bits per heavy atom. The molecule has 4 heterocycles. The number of aromatic nitrogens is 3. The predicted octanol–water partition coefficient (Wildman–Crippen LogP) is 1.20. The first-order valence-corrected chi connectivity index (χ1v) is 7.77. The Morgan fingerprint density at radius 2 is 2.24 bits per heavy atom. The molecule has 0 unspecified atom stereocenters. The summed E-state index contributed by atoms with van der Waals surface area (Å²) in [5.74, 6) is 0. The lowest BCUT2D eigenvalue weighted by Crippen LogP contribution is -2.30. The fourth-order valence-electron chi connectivity index (χ4n) is 2.90. The molecule has 0 radical (unpaired) electrons. The number of nitrogens with zero attached hydrogens (tertiary/aromatic N) is 2. The van der Waals surface area contributed by atoms with Crippen LogP contribution in [0.5, 0.6) is 0 Å². The maximum absolute atomic E-state index is 11.9. The first-order chi connectivity index (χ1) is 10.2. The highest BCUT2D eigenvalue weighted by Gasteiger charge is 2.19. The van der Waals surface area contributed by atoms with Crippen molar-refractivity contribution in [3.8, 4) is 0 Å². The SMILES string of the molecule is CCN1CCc2nc3sc4c(=O)[nH]c(=O)[nH]c4c3cc2C1. The summed E-state index contributed by atoms with van der Waals surface area (Å²) in [6.07, 6.45) is 0.931. The highest BCUT2D eigenvalue weighted by Crippen LogP contribution is 2.31. The van der Waals surface area contributed by atoms with E-state index in [4.69, 9.17) is 4.98 Å². The molecule has 0 saturated carbocycles. The van der Waals surface area contributed by atoms with Gasteiger partial charge in [0.1, 0.15) is 9.53 Å². The molecule has 0 spiro atoms. The van der Waals surface area contributed by atoms with Crippen molar-refractivity contribution >= 4 is 31.8 Å². The molecule has 21 heavy (non-hydrogen) atoms. The van der Waals surface area contributed by atoms with Gasteiger partial charge in [0.25, 0.3) is 5.56 Å². The summed E-state index contributed by atoms with van der Waals surface area (Å²) in [5.41, 5.74) is 2.09. The number of fused-ring (bicyclic) bond motifs is 4. The molecule has 0 aliphatic carbocycles. The number of hydrogen-bond donors (Lipinski definition) is 2. The first-order valence-electron chi connectivity index (χ1n) is 6.95. The van der Waals surface area contributed by atoms with Crippen LogP contribution in [-0.4, -0.2) is 32.9 Å².